The number of ether oxygens (including phenoxy) is 1. The highest BCUT2D eigenvalue weighted by molar-refractivity contribution is 5.99. The summed E-state index contributed by atoms with van der Waals surface area (Å²) in [4.78, 5) is 31.8. The smallest absolute Gasteiger partial charge is 0.409 e. The van der Waals surface area contributed by atoms with Crippen molar-refractivity contribution in [1.82, 2.24) is 14.8 Å². The van der Waals surface area contributed by atoms with Gasteiger partial charge in [0.15, 0.2) is 0 Å². The number of anilines is 2. The van der Waals surface area contributed by atoms with E-state index in [0.717, 1.165) is 26.1 Å². The lowest BCUT2D eigenvalue weighted by atomic mass is 10.1. The highest BCUT2D eigenvalue weighted by atomic mass is 19.1. The van der Waals surface area contributed by atoms with Gasteiger partial charge in [0.25, 0.3) is 0 Å². The number of aryl methyl sites for hydroxylation is 1. The summed E-state index contributed by atoms with van der Waals surface area (Å²) in [6, 6.07) is 7.88. The first-order valence-electron chi connectivity index (χ1n) is 10.5. The van der Waals surface area contributed by atoms with Crippen LogP contribution in [-0.2, 0) is 11.2 Å². The van der Waals surface area contributed by atoms with E-state index < -0.39 is 11.8 Å². The van der Waals surface area contributed by atoms with E-state index >= 15 is 0 Å². The van der Waals surface area contributed by atoms with Crippen molar-refractivity contribution in [3.05, 3.63) is 54.1 Å². The Balaban J connectivity index is 1.45. The number of rotatable bonds is 7. The molecule has 2 N–H and O–H groups in total. The quantitative estimate of drug-likeness (QED) is 0.703. The Morgan fingerprint density at radius 2 is 1.94 bits per heavy atom. The summed E-state index contributed by atoms with van der Waals surface area (Å²) >= 11 is 0. The Kier molecular flexibility index (Phi) is 8.17. The first-order chi connectivity index (χ1) is 15.1. The lowest BCUT2D eigenvalue weighted by Gasteiger charge is -2.34. The van der Waals surface area contributed by atoms with Crippen molar-refractivity contribution in [2.24, 2.45) is 0 Å². The minimum Gasteiger partial charge on any atom is -0.450 e. The summed E-state index contributed by atoms with van der Waals surface area (Å²) in [5.41, 5.74) is 1.23. The van der Waals surface area contributed by atoms with Crippen LogP contribution in [0.5, 0.6) is 0 Å². The molecule has 1 aliphatic heterocycles. The van der Waals surface area contributed by atoms with Crippen LogP contribution in [0.4, 0.5) is 25.4 Å². The van der Waals surface area contributed by atoms with E-state index in [0.29, 0.717) is 37.4 Å². The Morgan fingerprint density at radius 3 is 2.65 bits per heavy atom. The fourth-order valence-corrected chi connectivity index (χ4v) is 3.45. The van der Waals surface area contributed by atoms with Crippen LogP contribution in [0, 0.1) is 5.82 Å². The molecule has 0 spiro atoms. The molecule has 2 heterocycles. The summed E-state index contributed by atoms with van der Waals surface area (Å²) in [5, 5.41) is 5.17. The molecule has 31 heavy (non-hydrogen) atoms. The molecule has 1 fully saturated rings. The monoisotopic (exact) mass is 429 g/mol. The van der Waals surface area contributed by atoms with E-state index in [1.54, 1.807) is 42.3 Å². The number of urea groups is 1. The Hall–Kier alpha value is -3.20. The molecule has 3 rings (SSSR count). The van der Waals surface area contributed by atoms with Crippen LogP contribution >= 0.6 is 0 Å². The van der Waals surface area contributed by atoms with Gasteiger partial charge in [-0.3, -0.25) is 9.88 Å². The number of hydrogen-bond acceptors (Lipinski definition) is 5. The van der Waals surface area contributed by atoms with Crippen molar-refractivity contribution in [2.45, 2.75) is 19.8 Å². The fourth-order valence-electron chi connectivity index (χ4n) is 3.45. The van der Waals surface area contributed by atoms with E-state index in [9.17, 15) is 14.0 Å². The average Bonchev–Trinajstić information content (AvgIpc) is 2.77. The number of pyridine rings is 1. The number of hydrogen-bond donors (Lipinski definition) is 2. The van der Waals surface area contributed by atoms with Gasteiger partial charge < -0.3 is 20.3 Å². The minimum absolute atomic E-state index is 0.141. The van der Waals surface area contributed by atoms with Crippen LogP contribution in [0.15, 0.2) is 42.7 Å². The van der Waals surface area contributed by atoms with Crippen molar-refractivity contribution in [1.29, 1.82) is 0 Å². The van der Waals surface area contributed by atoms with Crippen molar-refractivity contribution < 1.29 is 18.7 Å². The van der Waals surface area contributed by atoms with Gasteiger partial charge in [0, 0.05) is 32.4 Å². The molecule has 1 aliphatic rings. The van der Waals surface area contributed by atoms with Gasteiger partial charge in [-0.05, 0) is 50.1 Å². The number of benzene rings is 1. The lowest BCUT2D eigenvalue weighted by Crippen LogP contribution is -2.49. The van der Waals surface area contributed by atoms with Crippen molar-refractivity contribution >= 4 is 23.5 Å². The average molecular weight is 429 g/mol. The van der Waals surface area contributed by atoms with Gasteiger partial charge in [-0.1, -0.05) is 12.1 Å². The van der Waals surface area contributed by atoms with Crippen molar-refractivity contribution in [3.63, 3.8) is 0 Å². The first kappa shape index (κ1) is 22.5. The molecular weight excluding hydrogens is 401 g/mol. The molecule has 0 aliphatic carbocycles. The number of nitrogens with one attached hydrogen (secondary N) is 2. The number of aromatic nitrogens is 1. The largest absolute Gasteiger partial charge is 0.450 e. The van der Waals surface area contributed by atoms with Crippen LogP contribution in [-0.4, -0.2) is 66.2 Å². The topological polar surface area (TPSA) is 86.8 Å². The summed E-state index contributed by atoms with van der Waals surface area (Å²) in [5.74, 6) is -0.420. The SMILES string of the molecule is CCOC(=O)N1CCN(CCCc2cccc(NC(=O)Nc3cccnc3)c2F)CC1. The van der Waals surface area contributed by atoms with Gasteiger partial charge in [-0.25, -0.2) is 14.0 Å². The normalized spacial score (nSPS) is 14.2. The summed E-state index contributed by atoms with van der Waals surface area (Å²) in [6.45, 7) is 5.82. The zero-order chi connectivity index (χ0) is 22.1. The highest BCUT2D eigenvalue weighted by Crippen LogP contribution is 2.20. The minimum atomic E-state index is -0.525. The van der Waals surface area contributed by atoms with Crippen LogP contribution in [0.25, 0.3) is 0 Å². The second-order valence-corrected chi connectivity index (χ2v) is 7.23. The maximum atomic E-state index is 14.8. The second kappa shape index (κ2) is 11.3. The number of carbonyl (C=O) groups excluding carboxylic acids is 2. The third-order valence-electron chi connectivity index (χ3n) is 5.07. The molecule has 1 aromatic carbocycles. The zero-order valence-electron chi connectivity index (χ0n) is 17.6. The van der Waals surface area contributed by atoms with E-state index in [-0.39, 0.29) is 11.8 Å². The van der Waals surface area contributed by atoms with E-state index in [1.165, 1.54) is 12.3 Å². The highest BCUT2D eigenvalue weighted by Gasteiger charge is 2.21. The molecule has 1 saturated heterocycles. The van der Waals surface area contributed by atoms with Gasteiger partial charge in [0.2, 0.25) is 0 Å². The van der Waals surface area contributed by atoms with E-state index in [1.807, 2.05) is 0 Å². The van der Waals surface area contributed by atoms with E-state index in [2.05, 4.69) is 20.5 Å². The summed E-state index contributed by atoms with van der Waals surface area (Å²) in [7, 11) is 0. The fraction of sp³-hybridized carbons (Fsp3) is 0.409. The molecule has 2 aromatic rings. The van der Waals surface area contributed by atoms with Gasteiger partial charge in [0.05, 0.1) is 24.2 Å². The van der Waals surface area contributed by atoms with Gasteiger partial charge >= 0.3 is 12.1 Å². The predicted molar refractivity (Wildman–Crippen MR) is 117 cm³/mol. The van der Waals surface area contributed by atoms with E-state index in [4.69, 9.17) is 4.74 Å². The molecule has 3 amide bonds. The Morgan fingerprint density at radius 1 is 1.13 bits per heavy atom. The molecule has 166 valence electrons. The number of nitrogens with zero attached hydrogens (tertiary/aromatic N) is 3. The molecule has 0 unspecified atom stereocenters. The molecule has 8 nitrogen and oxygen atoms in total. The van der Waals surface area contributed by atoms with Crippen LogP contribution < -0.4 is 10.6 Å². The van der Waals surface area contributed by atoms with Gasteiger partial charge in [-0.15, -0.1) is 0 Å². The predicted octanol–water partition coefficient (Wildman–Crippen LogP) is 3.57. The van der Waals surface area contributed by atoms with Gasteiger partial charge in [-0.2, -0.15) is 0 Å². The molecule has 0 radical (unpaired) electrons. The maximum absolute atomic E-state index is 14.8. The molecule has 9 heteroatoms. The Labute approximate surface area is 181 Å². The molecule has 0 bridgehead atoms. The summed E-state index contributed by atoms with van der Waals surface area (Å²) in [6.07, 6.45) is 4.19. The second-order valence-electron chi connectivity index (χ2n) is 7.23. The zero-order valence-corrected chi connectivity index (χ0v) is 17.6. The number of carbonyl (C=O) groups is 2. The Bertz CT molecular complexity index is 873. The first-order valence-corrected chi connectivity index (χ1v) is 10.5. The molecule has 0 atom stereocenters. The third kappa shape index (κ3) is 6.65. The van der Waals surface area contributed by atoms with Gasteiger partial charge in [0.1, 0.15) is 5.82 Å². The molecule has 0 saturated carbocycles. The van der Waals surface area contributed by atoms with Crippen LogP contribution in [0.1, 0.15) is 18.9 Å². The number of halogens is 1. The van der Waals surface area contributed by atoms with Crippen molar-refractivity contribution in [3.8, 4) is 0 Å². The maximum Gasteiger partial charge on any atom is 0.409 e. The molecule has 1 aromatic heterocycles. The number of amides is 3. The summed E-state index contributed by atoms with van der Waals surface area (Å²) < 4.78 is 19.9. The standard InChI is InChI=1S/C22H28FN5O3/c1-2-31-22(30)28-14-12-27(13-15-28)11-5-7-17-6-3-9-19(20(17)23)26-21(29)25-18-8-4-10-24-16-18/h3-4,6,8-10,16H,2,5,7,11-15H2,1H3,(H2,25,26,29). The van der Waals surface area contributed by atoms with Crippen LogP contribution in [0.3, 0.4) is 0 Å². The molecular formula is C22H28FN5O3. The lowest BCUT2D eigenvalue weighted by molar-refractivity contribution is 0.0794. The third-order valence-corrected chi connectivity index (χ3v) is 5.07. The number of piperazine rings is 1. The van der Waals surface area contributed by atoms with Crippen LogP contribution in [0.2, 0.25) is 0 Å². The van der Waals surface area contributed by atoms with Crippen molar-refractivity contribution in [2.75, 3.05) is 50.0 Å².